The first-order chi connectivity index (χ1) is 11.1. The number of carbonyl (C=O) groups excluding carboxylic acids is 1. The summed E-state index contributed by atoms with van der Waals surface area (Å²) in [6.07, 6.45) is 0.772. The number of hydrogen-bond donors (Lipinski definition) is 0. The van der Waals surface area contributed by atoms with Crippen LogP contribution >= 0.6 is 0 Å². The highest BCUT2D eigenvalue weighted by atomic mass is 16.5. The van der Waals surface area contributed by atoms with Crippen LogP contribution in [0.25, 0.3) is 0 Å². The summed E-state index contributed by atoms with van der Waals surface area (Å²) < 4.78 is 20.9. The fourth-order valence-corrected chi connectivity index (χ4v) is 2.32. The molecule has 124 valence electrons. The van der Waals surface area contributed by atoms with Crippen LogP contribution in [-0.4, -0.2) is 25.3 Å². The Balaban J connectivity index is 1.92. The normalized spacial score (nSPS) is 10.4. The Morgan fingerprint density at radius 3 is 2.61 bits per heavy atom. The molecule has 0 aliphatic heterocycles. The van der Waals surface area contributed by atoms with Gasteiger partial charge in [0.2, 0.25) is 0 Å². The van der Waals surface area contributed by atoms with Gasteiger partial charge in [-0.15, -0.1) is 0 Å². The molecule has 6 heteroatoms. The molecule has 0 fully saturated rings. The van der Waals surface area contributed by atoms with Crippen molar-refractivity contribution in [3.05, 3.63) is 40.8 Å². The molecular formula is C17H21NO5. The molecule has 0 spiro atoms. The number of rotatable bonds is 7. The predicted octanol–water partition coefficient (Wildman–Crippen LogP) is 2.98. The van der Waals surface area contributed by atoms with E-state index in [0.717, 1.165) is 16.8 Å². The Morgan fingerprint density at radius 2 is 2.00 bits per heavy atom. The van der Waals surface area contributed by atoms with Gasteiger partial charge in [0.1, 0.15) is 12.4 Å². The van der Waals surface area contributed by atoms with E-state index in [4.69, 9.17) is 18.7 Å². The number of para-hydroxylation sites is 1. The van der Waals surface area contributed by atoms with Crippen molar-refractivity contribution in [1.82, 2.24) is 5.16 Å². The molecule has 0 radical (unpaired) electrons. The number of methoxy groups -OCH3 is 2. The Hall–Kier alpha value is -2.50. The van der Waals surface area contributed by atoms with Gasteiger partial charge in [-0.3, -0.25) is 4.79 Å². The maximum Gasteiger partial charge on any atom is 0.306 e. The topological polar surface area (TPSA) is 70.8 Å². The molecule has 2 aromatic rings. The average molecular weight is 319 g/mol. The lowest BCUT2D eigenvalue weighted by molar-refractivity contribution is -0.144. The molecule has 0 aliphatic carbocycles. The zero-order valence-corrected chi connectivity index (χ0v) is 13.8. The minimum Gasteiger partial charge on any atom is -0.493 e. The second kappa shape index (κ2) is 7.67. The lowest BCUT2D eigenvalue weighted by Gasteiger charge is -2.12. The van der Waals surface area contributed by atoms with Gasteiger partial charge < -0.3 is 18.7 Å². The second-order valence-electron chi connectivity index (χ2n) is 5.12. The van der Waals surface area contributed by atoms with E-state index in [2.05, 4.69) is 5.16 Å². The maximum absolute atomic E-state index is 11.9. The van der Waals surface area contributed by atoms with Gasteiger partial charge in [0.25, 0.3) is 0 Å². The van der Waals surface area contributed by atoms with E-state index in [1.54, 1.807) is 21.1 Å². The van der Waals surface area contributed by atoms with Gasteiger partial charge in [0.15, 0.2) is 11.5 Å². The molecule has 0 amide bonds. The predicted molar refractivity (Wildman–Crippen MR) is 83.6 cm³/mol. The number of ether oxygens (including phenoxy) is 3. The molecule has 6 nitrogen and oxygen atoms in total. The van der Waals surface area contributed by atoms with Crippen LogP contribution in [0.5, 0.6) is 11.5 Å². The number of carbonyl (C=O) groups is 1. The van der Waals surface area contributed by atoms with Gasteiger partial charge in [-0.2, -0.15) is 0 Å². The SMILES string of the molecule is COc1cccc(CCC(=O)OCc2c(C)noc2C)c1OC. The Morgan fingerprint density at radius 1 is 1.22 bits per heavy atom. The molecule has 0 saturated carbocycles. The fraction of sp³-hybridized carbons (Fsp3) is 0.412. The van der Waals surface area contributed by atoms with Crippen molar-refractivity contribution in [2.45, 2.75) is 33.3 Å². The summed E-state index contributed by atoms with van der Waals surface area (Å²) in [5.74, 6) is 1.68. The molecule has 0 atom stereocenters. The number of esters is 1. The molecule has 1 aromatic heterocycles. The molecule has 0 saturated heterocycles. The van der Waals surface area contributed by atoms with Gasteiger partial charge >= 0.3 is 5.97 Å². The Bertz CT molecular complexity index is 658. The molecule has 23 heavy (non-hydrogen) atoms. The molecule has 0 aliphatic rings. The number of nitrogens with zero attached hydrogens (tertiary/aromatic N) is 1. The Labute approximate surface area is 135 Å². The molecule has 0 unspecified atom stereocenters. The molecule has 1 heterocycles. The third-order valence-electron chi connectivity index (χ3n) is 3.64. The summed E-state index contributed by atoms with van der Waals surface area (Å²) in [4.78, 5) is 11.9. The van der Waals surface area contributed by atoms with Crippen LogP contribution in [-0.2, 0) is 22.6 Å². The molecule has 1 aromatic carbocycles. The van der Waals surface area contributed by atoms with Crippen LogP contribution in [0.4, 0.5) is 0 Å². The van der Waals surface area contributed by atoms with Crippen LogP contribution in [0.2, 0.25) is 0 Å². The van der Waals surface area contributed by atoms with Crippen LogP contribution < -0.4 is 9.47 Å². The summed E-state index contributed by atoms with van der Waals surface area (Å²) in [5.41, 5.74) is 2.46. The largest absolute Gasteiger partial charge is 0.493 e. The number of aromatic nitrogens is 1. The van der Waals surface area contributed by atoms with Gasteiger partial charge in [0, 0.05) is 6.42 Å². The second-order valence-corrected chi connectivity index (χ2v) is 5.12. The van der Waals surface area contributed by atoms with Crippen LogP contribution in [0.15, 0.2) is 22.7 Å². The standard InChI is InChI=1S/C17H21NO5/c1-11-14(12(2)23-18-11)10-22-16(19)9-8-13-6-5-7-15(20-3)17(13)21-4/h5-7H,8-10H2,1-4H3. The van der Waals surface area contributed by atoms with E-state index < -0.39 is 0 Å². The zero-order chi connectivity index (χ0) is 16.8. The lowest BCUT2D eigenvalue weighted by atomic mass is 10.1. The number of hydrogen-bond acceptors (Lipinski definition) is 6. The minimum absolute atomic E-state index is 0.176. The quantitative estimate of drug-likeness (QED) is 0.731. The van der Waals surface area contributed by atoms with E-state index in [1.807, 2.05) is 25.1 Å². The first-order valence-electron chi connectivity index (χ1n) is 7.34. The van der Waals surface area contributed by atoms with Crippen molar-refractivity contribution in [3.8, 4) is 11.5 Å². The molecule has 0 N–H and O–H groups in total. The summed E-state index contributed by atoms with van der Waals surface area (Å²) >= 11 is 0. The molecule has 2 rings (SSSR count). The summed E-state index contributed by atoms with van der Waals surface area (Å²) in [5, 5.41) is 3.83. The average Bonchev–Trinajstić information content (AvgIpc) is 2.88. The molecular weight excluding hydrogens is 298 g/mol. The lowest BCUT2D eigenvalue weighted by Crippen LogP contribution is -2.07. The van der Waals surface area contributed by atoms with E-state index in [9.17, 15) is 4.79 Å². The monoisotopic (exact) mass is 319 g/mol. The highest BCUT2D eigenvalue weighted by molar-refractivity contribution is 5.70. The van der Waals surface area contributed by atoms with E-state index in [0.29, 0.717) is 23.7 Å². The van der Waals surface area contributed by atoms with Crippen molar-refractivity contribution in [3.63, 3.8) is 0 Å². The van der Waals surface area contributed by atoms with E-state index in [-0.39, 0.29) is 19.0 Å². The molecule has 0 bridgehead atoms. The van der Waals surface area contributed by atoms with E-state index >= 15 is 0 Å². The fourth-order valence-electron chi connectivity index (χ4n) is 2.32. The van der Waals surface area contributed by atoms with Crippen molar-refractivity contribution in [2.75, 3.05) is 14.2 Å². The Kier molecular flexibility index (Phi) is 5.62. The van der Waals surface area contributed by atoms with Crippen molar-refractivity contribution in [2.24, 2.45) is 0 Å². The summed E-state index contributed by atoms with van der Waals surface area (Å²) in [7, 11) is 3.16. The first-order valence-corrected chi connectivity index (χ1v) is 7.34. The van der Waals surface area contributed by atoms with Crippen LogP contribution in [0.3, 0.4) is 0 Å². The summed E-state index contributed by atoms with van der Waals surface area (Å²) in [6, 6.07) is 5.59. The van der Waals surface area contributed by atoms with Crippen molar-refractivity contribution < 1.29 is 23.5 Å². The first kappa shape index (κ1) is 16.9. The highest BCUT2D eigenvalue weighted by Crippen LogP contribution is 2.31. The highest BCUT2D eigenvalue weighted by Gasteiger charge is 2.14. The van der Waals surface area contributed by atoms with Crippen molar-refractivity contribution >= 4 is 5.97 Å². The van der Waals surface area contributed by atoms with Crippen molar-refractivity contribution in [1.29, 1.82) is 0 Å². The third kappa shape index (κ3) is 4.03. The van der Waals surface area contributed by atoms with Crippen LogP contribution in [0.1, 0.15) is 29.0 Å². The van der Waals surface area contributed by atoms with Gasteiger partial charge in [-0.05, 0) is 31.9 Å². The minimum atomic E-state index is -0.283. The third-order valence-corrected chi connectivity index (χ3v) is 3.64. The van der Waals surface area contributed by atoms with Gasteiger partial charge in [-0.25, -0.2) is 0 Å². The number of aryl methyl sites for hydroxylation is 3. The summed E-state index contributed by atoms with van der Waals surface area (Å²) in [6.45, 7) is 3.79. The van der Waals surface area contributed by atoms with Gasteiger partial charge in [-0.1, -0.05) is 17.3 Å². The smallest absolute Gasteiger partial charge is 0.306 e. The maximum atomic E-state index is 11.9. The van der Waals surface area contributed by atoms with Gasteiger partial charge in [0.05, 0.1) is 25.5 Å². The zero-order valence-electron chi connectivity index (χ0n) is 13.8. The van der Waals surface area contributed by atoms with E-state index in [1.165, 1.54) is 0 Å². The number of benzene rings is 1. The van der Waals surface area contributed by atoms with Crippen LogP contribution in [0, 0.1) is 13.8 Å².